The van der Waals surface area contributed by atoms with Gasteiger partial charge in [-0.2, -0.15) is 0 Å². The molecule has 0 radical (unpaired) electrons. The van der Waals surface area contributed by atoms with Gasteiger partial charge in [-0.15, -0.1) is 0 Å². The Hall–Kier alpha value is -2.15. The maximum absolute atomic E-state index is 9.79. The minimum Gasteiger partial charge on any atom is -0.505 e. The first kappa shape index (κ1) is 11.3. The van der Waals surface area contributed by atoms with Crippen LogP contribution in [0.5, 0.6) is 5.75 Å². The summed E-state index contributed by atoms with van der Waals surface area (Å²) in [6.45, 7) is 0.487. The molecule has 17 heavy (non-hydrogen) atoms. The second-order valence-electron chi connectivity index (χ2n) is 3.92. The van der Waals surface area contributed by atoms with Gasteiger partial charge in [-0.3, -0.25) is 11.1 Å². The Morgan fingerprint density at radius 1 is 1.59 bits per heavy atom. The molecule has 90 valence electrons. The number of aromatic hydroxyl groups is 1. The Morgan fingerprint density at radius 3 is 2.94 bits per heavy atom. The largest absolute Gasteiger partial charge is 0.505 e. The third-order valence-corrected chi connectivity index (χ3v) is 2.61. The Kier molecular flexibility index (Phi) is 2.68. The van der Waals surface area contributed by atoms with E-state index in [1.807, 2.05) is 11.9 Å². The van der Waals surface area contributed by atoms with E-state index in [1.54, 1.807) is 6.07 Å². The maximum atomic E-state index is 9.79. The zero-order valence-electron chi connectivity index (χ0n) is 9.33. The van der Waals surface area contributed by atoms with E-state index in [2.05, 4.69) is 10.2 Å². The molecule has 0 bridgehead atoms. The van der Waals surface area contributed by atoms with Crippen molar-refractivity contribution in [3.63, 3.8) is 0 Å². The Bertz CT molecular complexity index is 500. The molecular weight excluding hydrogens is 222 g/mol. The predicted octanol–water partition coefficient (Wildman–Crippen LogP) is -0.967. The van der Waals surface area contributed by atoms with Crippen molar-refractivity contribution in [3.05, 3.63) is 17.7 Å². The molecule has 0 aliphatic carbocycles. The van der Waals surface area contributed by atoms with Crippen LogP contribution in [-0.4, -0.2) is 29.8 Å². The molecule has 6 N–H and O–H groups in total. The second-order valence-corrected chi connectivity index (χ2v) is 3.92. The number of nitrogens with zero attached hydrogens (tertiary/aromatic N) is 3. The predicted molar refractivity (Wildman–Crippen MR) is 62.0 cm³/mol. The van der Waals surface area contributed by atoms with Crippen LogP contribution in [0.1, 0.15) is 11.7 Å². The molecule has 0 aromatic heterocycles. The lowest BCUT2D eigenvalue weighted by Crippen LogP contribution is -2.43. The lowest BCUT2D eigenvalue weighted by Gasteiger charge is -2.11. The fourth-order valence-electron chi connectivity index (χ4n) is 1.83. The number of azo groups is 1. The van der Waals surface area contributed by atoms with Gasteiger partial charge in [0.15, 0.2) is 0 Å². The molecule has 0 saturated heterocycles. The fraction of sp³-hybridized carbons (Fsp3) is 0.300. The molecular formula is C10H14N5O2+. The number of hydrogen-bond acceptors (Lipinski definition) is 4. The number of nitrogens with two attached hydrogens (primary N) is 2. The lowest BCUT2D eigenvalue weighted by molar-refractivity contribution is -0.117. The monoisotopic (exact) mass is 236 g/mol. The second kappa shape index (κ2) is 4.02. The number of phenolic OH excluding ortho intramolecular Hbond substituents is 1. The highest BCUT2D eigenvalue weighted by molar-refractivity contribution is 5.73. The van der Waals surface area contributed by atoms with Gasteiger partial charge in [0, 0.05) is 36.0 Å². The van der Waals surface area contributed by atoms with Gasteiger partial charge >= 0.3 is 5.96 Å². The highest BCUT2D eigenvalue weighted by Gasteiger charge is 2.26. The normalized spacial score (nSPS) is 18.7. The van der Waals surface area contributed by atoms with E-state index in [-0.39, 0.29) is 17.4 Å². The van der Waals surface area contributed by atoms with Gasteiger partial charge in [-0.05, 0) is 6.07 Å². The van der Waals surface area contributed by atoms with E-state index in [9.17, 15) is 10.2 Å². The molecule has 0 saturated carbocycles. The average molecular weight is 236 g/mol. The van der Waals surface area contributed by atoms with E-state index in [1.165, 1.54) is 6.07 Å². The summed E-state index contributed by atoms with van der Waals surface area (Å²) in [6, 6.07) is 3.11. The Labute approximate surface area is 97.7 Å². The molecule has 1 aromatic rings. The molecule has 0 fully saturated rings. The first-order valence-electron chi connectivity index (χ1n) is 5.05. The molecule has 1 aliphatic heterocycles. The molecule has 2 rings (SSSR count). The number of likely N-dealkylation sites (N-methyl/N-ethyl adjacent to an activating group) is 1. The Morgan fingerprint density at radius 2 is 2.29 bits per heavy atom. The molecule has 0 spiro atoms. The van der Waals surface area contributed by atoms with Crippen LogP contribution >= 0.6 is 0 Å². The molecule has 7 nitrogen and oxygen atoms in total. The van der Waals surface area contributed by atoms with Crippen LogP contribution in [-0.2, 0) is 0 Å². The average Bonchev–Trinajstić information content (AvgIpc) is 2.51. The standard InChI is InChI=1S/C10H13N5O2/c1-15-4-9(17)5-2-6(13-14-10(11)12)8(16)3-7(5)15/h2-3,9,16-17H,4H2,1H3,(H3,11,12)/p+1/t9-/m0/s1. The van der Waals surface area contributed by atoms with Crippen molar-refractivity contribution in [2.24, 2.45) is 16.0 Å². The highest BCUT2D eigenvalue weighted by Crippen LogP contribution is 2.41. The van der Waals surface area contributed by atoms with E-state index in [0.717, 1.165) is 5.69 Å². The third-order valence-electron chi connectivity index (χ3n) is 2.61. The summed E-state index contributed by atoms with van der Waals surface area (Å²) in [7, 11) is 1.83. The van der Waals surface area contributed by atoms with Gasteiger partial charge in [0.05, 0.1) is 6.10 Å². The molecule has 1 atom stereocenters. The summed E-state index contributed by atoms with van der Waals surface area (Å²) in [6.07, 6.45) is -0.594. The zero-order chi connectivity index (χ0) is 12.6. The number of β-amino-alcohol motifs (C(OH)–C–C–N with tert-alkyl or cyclic N) is 1. The van der Waals surface area contributed by atoms with Crippen LogP contribution in [0.25, 0.3) is 0 Å². The van der Waals surface area contributed by atoms with E-state index < -0.39 is 6.10 Å². The van der Waals surface area contributed by atoms with Crippen LogP contribution in [0, 0.1) is 0 Å². The molecule has 1 aromatic carbocycles. The van der Waals surface area contributed by atoms with E-state index >= 15 is 0 Å². The smallest absolute Gasteiger partial charge is 0.403 e. The van der Waals surface area contributed by atoms with Gasteiger partial charge < -0.3 is 15.1 Å². The number of anilines is 1. The van der Waals surface area contributed by atoms with Crippen LogP contribution in [0.15, 0.2) is 22.4 Å². The number of aliphatic hydroxyl groups is 1. The van der Waals surface area contributed by atoms with E-state index in [4.69, 9.17) is 11.1 Å². The van der Waals surface area contributed by atoms with Crippen molar-refractivity contribution in [1.82, 2.24) is 0 Å². The number of phenols is 1. The summed E-state index contributed by atoms with van der Waals surface area (Å²) in [4.78, 5) is 1.85. The summed E-state index contributed by atoms with van der Waals surface area (Å²) in [5.74, 6) is -0.225. The first-order chi connectivity index (χ1) is 7.99. The van der Waals surface area contributed by atoms with E-state index in [0.29, 0.717) is 12.1 Å². The lowest BCUT2D eigenvalue weighted by atomic mass is 10.1. The SMILES string of the molecule is CN1C[C@H](O)c2cc(N=NC(N)=[NH2+])c(O)cc21. The summed E-state index contributed by atoms with van der Waals surface area (Å²) < 4.78 is 0. The molecule has 0 amide bonds. The third kappa shape index (κ3) is 2.04. The van der Waals surface area contributed by atoms with Gasteiger partial charge in [0.2, 0.25) is 0 Å². The fourth-order valence-corrected chi connectivity index (χ4v) is 1.83. The van der Waals surface area contributed by atoms with Gasteiger partial charge in [0.25, 0.3) is 0 Å². The molecule has 0 unspecified atom stereocenters. The number of aliphatic hydroxyl groups excluding tert-OH is 1. The summed E-state index contributed by atoms with van der Waals surface area (Å²) in [5, 5.41) is 31.8. The van der Waals surface area contributed by atoms with Crippen molar-refractivity contribution >= 4 is 17.3 Å². The number of guanidine groups is 1. The van der Waals surface area contributed by atoms with Gasteiger partial charge in [-0.25, -0.2) is 0 Å². The molecule has 1 aliphatic rings. The van der Waals surface area contributed by atoms with Crippen molar-refractivity contribution in [2.75, 3.05) is 18.5 Å². The number of fused-ring (bicyclic) bond motifs is 1. The number of hydrogen-bond donors (Lipinski definition) is 4. The maximum Gasteiger partial charge on any atom is 0.403 e. The van der Waals surface area contributed by atoms with Crippen molar-refractivity contribution in [1.29, 1.82) is 0 Å². The highest BCUT2D eigenvalue weighted by atomic mass is 16.3. The number of rotatable bonds is 1. The minimum atomic E-state index is -0.594. The van der Waals surface area contributed by atoms with Gasteiger partial charge in [-0.1, -0.05) is 5.11 Å². The zero-order valence-corrected chi connectivity index (χ0v) is 9.33. The summed E-state index contributed by atoms with van der Waals surface area (Å²) >= 11 is 0. The van der Waals surface area contributed by atoms with Crippen LogP contribution < -0.4 is 16.0 Å². The van der Waals surface area contributed by atoms with Crippen LogP contribution in [0.2, 0.25) is 0 Å². The van der Waals surface area contributed by atoms with Crippen molar-refractivity contribution < 1.29 is 15.6 Å². The van der Waals surface area contributed by atoms with Gasteiger partial charge in [0.1, 0.15) is 11.4 Å². The molecule has 1 heterocycles. The first-order valence-corrected chi connectivity index (χ1v) is 5.05. The summed E-state index contributed by atoms with van der Waals surface area (Å²) in [5.41, 5.74) is 6.86. The molecule has 7 heteroatoms. The van der Waals surface area contributed by atoms with Crippen LogP contribution in [0.4, 0.5) is 11.4 Å². The topological polar surface area (TPSA) is 120 Å². The quantitative estimate of drug-likeness (QED) is 0.285. The van der Waals surface area contributed by atoms with Crippen molar-refractivity contribution in [2.45, 2.75) is 6.10 Å². The Balaban J connectivity index is 2.44. The van der Waals surface area contributed by atoms with Crippen molar-refractivity contribution in [3.8, 4) is 5.75 Å². The minimum absolute atomic E-state index is 0.0327. The number of benzene rings is 1. The van der Waals surface area contributed by atoms with Crippen LogP contribution in [0.3, 0.4) is 0 Å².